The highest BCUT2D eigenvalue weighted by molar-refractivity contribution is 6.18. The van der Waals surface area contributed by atoms with Crippen LogP contribution in [0.4, 0.5) is 13.2 Å². The molecule has 0 radical (unpaired) electrons. The van der Waals surface area contributed by atoms with Crippen molar-refractivity contribution < 1.29 is 13.2 Å². The quantitative estimate of drug-likeness (QED) is 0.713. The normalized spacial score (nSPS) is 12.1. The van der Waals surface area contributed by atoms with E-state index < -0.39 is 12.7 Å². The number of halogens is 4. The van der Waals surface area contributed by atoms with Crippen LogP contribution >= 0.6 is 11.6 Å². The van der Waals surface area contributed by atoms with Crippen LogP contribution in [0.1, 0.15) is 5.56 Å². The van der Waals surface area contributed by atoms with Crippen LogP contribution in [0.15, 0.2) is 30.3 Å². The molecule has 0 heterocycles. The van der Waals surface area contributed by atoms with Crippen LogP contribution in [0.2, 0.25) is 0 Å². The number of hydrogen-bond donors (Lipinski definition) is 0. The lowest BCUT2D eigenvalue weighted by Crippen LogP contribution is -2.37. The van der Waals surface area contributed by atoms with E-state index in [1.807, 2.05) is 30.3 Å². The van der Waals surface area contributed by atoms with Gasteiger partial charge < -0.3 is 0 Å². The molecular weight excluding hydrogens is 251 g/mol. The van der Waals surface area contributed by atoms with Crippen molar-refractivity contribution in [1.29, 1.82) is 0 Å². The van der Waals surface area contributed by atoms with Gasteiger partial charge in [0, 0.05) is 19.0 Å². The molecule has 0 saturated heterocycles. The maximum atomic E-state index is 12.3. The zero-order valence-electron chi connectivity index (χ0n) is 9.38. The summed E-state index contributed by atoms with van der Waals surface area (Å²) in [6.45, 7) is -0.267. The fraction of sp³-hybridized carbons (Fsp3) is 0.500. The largest absolute Gasteiger partial charge is 0.401 e. The number of rotatable bonds is 6. The van der Waals surface area contributed by atoms with Crippen LogP contribution in [0, 0.1) is 0 Å². The van der Waals surface area contributed by atoms with Gasteiger partial charge in [-0.2, -0.15) is 13.2 Å². The highest BCUT2D eigenvalue weighted by Gasteiger charge is 2.30. The molecule has 1 aromatic rings. The van der Waals surface area contributed by atoms with Crippen molar-refractivity contribution in [2.45, 2.75) is 12.6 Å². The Labute approximate surface area is 104 Å². The van der Waals surface area contributed by atoms with Crippen molar-refractivity contribution in [2.75, 3.05) is 25.5 Å². The summed E-state index contributed by atoms with van der Waals surface area (Å²) in [6, 6.07) is 9.46. The van der Waals surface area contributed by atoms with Gasteiger partial charge in [0.25, 0.3) is 0 Å². The molecule has 0 N–H and O–H groups in total. The number of nitrogens with zero attached hydrogens (tertiary/aromatic N) is 1. The Bertz CT molecular complexity index is 313. The van der Waals surface area contributed by atoms with Crippen molar-refractivity contribution in [2.24, 2.45) is 0 Å². The standard InChI is InChI=1S/C12H15ClF3N/c13-7-9-17(10-12(14,15)16)8-6-11-4-2-1-3-5-11/h1-5H,6-10H2. The minimum atomic E-state index is -4.16. The molecule has 0 fully saturated rings. The molecule has 0 amide bonds. The van der Waals surface area contributed by atoms with Gasteiger partial charge in [-0.15, -0.1) is 11.6 Å². The van der Waals surface area contributed by atoms with Crippen LogP contribution < -0.4 is 0 Å². The second-order valence-corrected chi connectivity index (χ2v) is 4.19. The fourth-order valence-corrected chi connectivity index (χ4v) is 1.81. The molecule has 1 nitrogen and oxygen atoms in total. The Morgan fingerprint density at radius 3 is 2.24 bits per heavy atom. The molecule has 0 unspecified atom stereocenters. The second-order valence-electron chi connectivity index (χ2n) is 3.82. The van der Waals surface area contributed by atoms with Gasteiger partial charge >= 0.3 is 6.18 Å². The summed E-state index contributed by atoms with van der Waals surface area (Å²) in [5.41, 5.74) is 1.04. The molecule has 0 atom stereocenters. The number of alkyl halides is 4. The molecule has 1 rings (SSSR count). The summed E-state index contributed by atoms with van der Waals surface area (Å²) in [6.07, 6.45) is -3.56. The van der Waals surface area contributed by atoms with Gasteiger partial charge in [0.15, 0.2) is 0 Å². The first-order chi connectivity index (χ1) is 8.01. The Hall–Kier alpha value is -0.740. The minimum Gasteiger partial charge on any atom is -0.293 e. The summed E-state index contributed by atoms with van der Waals surface area (Å²) < 4.78 is 36.8. The van der Waals surface area contributed by atoms with Crippen LogP contribution in [-0.4, -0.2) is 36.6 Å². The molecule has 0 aromatic heterocycles. The highest BCUT2D eigenvalue weighted by Crippen LogP contribution is 2.16. The minimum absolute atomic E-state index is 0.213. The molecule has 0 saturated carbocycles. The zero-order valence-corrected chi connectivity index (χ0v) is 10.1. The van der Waals surface area contributed by atoms with Gasteiger partial charge in [0.05, 0.1) is 6.54 Å². The predicted octanol–water partition coefficient (Wildman–Crippen LogP) is 3.33. The van der Waals surface area contributed by atoms with Gasteiger partial charge in [-0.3, -0.25) is 4.90 Å². The first kappa shape index (κ1) is 14.3. The van der Waals surface area contributed by atoms with Crippen LogP contribution in [0.25, 0.3) is 0 Å². The molecule has 17 heavy (non-hydrogen) atoms. The molecule has 0 bridgehead atoms. The molecule has 0 spiro atoms. The smallest absolute Gasteiger partial charge is 0.293 e. The predicted molar refractivity (Wildman–Crippen MR) is 63.4 cm³/mol. The molecule has 0 aliphatic rings. The third kappa shape index (κ3) is 6.54. The average molecular weight is 266 g/mol. The third-order valence-corrected chi connectivity index (χ3v) is 2.53. The van der Waals surface area contributed by atoms with E-state index in [0.29, 0.717) is 13.0 Å². The van der Waals surface area contributed by atoms with E-state index in [9.17, 15) is 13.2 Å². The Kier molecular flexibility index (Phi) is 5.78. The first-order valence-corrected chi connectivity index (χ1v) is 5.94. The number of benzene rings is 1. The van der Waals surface area contributed by atoms with Gasteiger partial charge in [-0.25, -0.2) is 0 Å². The third-order valence-electron chi connectivity index (χ3n) is 2.36. The van der Waals surface area contributed by atoms with Gasteiger partial charge in [0.1, 0.15) is 0 Å². The lowest BCUT2D eigenvalue weighted by Gasteiger charge is -2.22. The molecule has 96 valence electrons. The van der Waals surface area contributed by atoms with Crippen LogP contribution in [0.5, 0.6) is 0 Å². The van der Waals surface area contributed by atoms with Crippen molar-refractivity contribution in [3.05, 3.63) is 35.9 Å². The summed E-state index contributed by atoms with van der Waals surface area (Å²) in [7, 11) is 0. The van der Waals surface area contributed by atoms with Gasteiger partial charge in [-0.05, 0) is 12.0 Å². The summed E-state index contributed by atoms with van der Waals surface area (Å²) in [4.78, 5) is 1.33. The SMILES string of the molecule is FC(F)(F)CN(CCCl)CCc1ccccc1. The van der Waals surface area contributed by atoms with Crippen molar-refractivity contribution >= 4 is 11.6 Å². The lowest BCUT2D eigenvalue weighted by atomic mass is 10.1. The Balaban J connectivity index is 2.44. The summed E-state index contributed by atoms with van der Waals surface area (Å²) in [5.74, 6) is 0.213. The maximum absolute atomic E-state index is 12.3. The zero-order chi connectivity index (χ0) is 12.7. The van der Waals surface area contributed by atoms with Crippen LogP contribution in [-0.2, 0) is 6.42 Å². The fourth-order valence-electron chi connectivity index (χ4n) is 1.57. The van der Waals surface area contributed by atoms with Crippen molar-refractivity contribution in [3.8, 4) is 0 Å². The Morgan fingerprint density at radius 1 is 1.06 bits per heavy atom. The summed E-state index contributed by atoms with van der Waals surface area (Å²) in [5, 5.41) is 0. The first-order valence-electron chi connectivity index (χ1n) is 5.40. The van der Waals surface area contributed by atoms with Crippen LogP contribution in [0.3, 0.4) is 0 Å². The van der Waals surface area contributed by atoms with Gasteiger partial charge in [-0.1, -0.05) is 30.3 Å². The van der Waals surface area contributed by atoms with Crippen molar-refractivity contribution in [1.82, 2.24) is 4.90 Å². The van der Waals surface area contributed by atoms with E-state index in [4.69, 9.17) is 11.6 Å². The van der Waals surface area contributed by atoms with E-state index in [-0.39, 0.29) is 12.4 Å². The second kappa shape index (κ2) is 6.87. The highest BCUT2D eigenvalue weighted by atomic mass is 35.5. The molecule has 5 heteroatoms. The topological polar surface area (TPSA) is 3.24 Å². The maximum Gasteiger partial charge on any atom is 0.401 e. The van der Waals surface area contributed by atoms with Crippen molar-refractivity contribution in [3.63, 3.8) is 0 Å². The molecule has 0 aliphatic heterocycles. The van der Waals surface area contributed by atoms with Gasteiger partial charge in [0.2, 0.25) is 0 Å². The van der Waals surface area contributed by atoms with E-state index in [1.54, 1.807) is 0 Å². The summed E-state index contributed by atoms with van der Waals surface area (Å²) >= 11 is 5.50. The van der Waals surface area contributed by atoms with E-state index in [0.717, 1.165) is 5.56 Å². The molecule has 0 aliphatic carbocycles. The number of hydrogen-bond acceptors (Lipinski definition) is 1. The average Bonchev–Trinajstić information content (AvgIpc) is 2.26. The monoisotopic (exact) mass is 265 g/mol. The Morgan fingerprint density at radius 2 is 1.71 bits per heavy atom. The molecule has 1 aromatic carbocycles. The lowest BCUT2D eigenvalue weighted by molar-refractivity contribution is -0.145. The van der Waals surface area contributed by atoms with E-state index in [1.165, 1.54) is 4.90 Å². The van der Waals surface area contributed by atoms with E-state index in [2.05, 4.69) is 0 Å². The molecular formula is C12H15ClF3N. The van der Waals surface area contributed by atoms with E-state index >= 15 is 0 Å².